The van der Waals surface area contributed by atoms with Crippen LogP contribution in [0.3, 0.4) is 0 Å². The van der Waals surface area contributed by atoms with Crippen molar-refractivity contribution in [3.05, 3.63) is 58.6 Å². The van der Waals surface area contributed by atoms with Gasteiger partial charge in [0.2, 0.25) is 0 Å². The number of fused-ring (bicyclic) bond motifs is 1. The van der Waals surface area contributed by atoms with Gasteiger partial charge >= 0.3 is 0 Å². The predicted molar refractivity (Wildman–Crippen MR) is 116 cm³/mol. The Kier molecular flexibility index (Phi) is 4.76. The third-order valence-corrected chi connectivity index (χ3v) is 7.09. The Hall–Kier alpha value is -2.78. The van der Waals surface area contributed by atoms with Gasteiger partial charge in [-0.2, -0.15) is 5.10 Å². The number of hydrogen-bond acceptors (Lipinski definition) is 6. The first-order chi connectivity index (χ1) is 15.5. The highest BCUT2D eigenvalue weighted by Gasteiger charge is 2.31. The summed E-state index contributed by atoms with van der Waals surface area (Å²) in [6.07, 6.45) is 7.74. The average Bonchev–Trinajstić information content (AvgIpc) is 3.38. The molecule has 3 aromatic heterocycles. The molecule has 1 saturated heterocycles. The fourth-order valence-corrected chi connectivity index (χ4v) is 5.18. The minimum atomic E-state index is -0.639. The van der Waals surface area contributed by atoms with E-state index in [1.165, 1.54) is 36.3 Å². The van der Waals surface area contributed by atoms with Crippen LogP contribution in [0.4, 0.5) is 8.78 Å². The smallest absolute Gasteiger partial charge is 0.174 e. The monoisotopic (exact) mass is 453 g/mol. The molecule has 4 heterocycles. The van der Waals surface area contributed by atoms with Crippen molar-refractivity contribution >= 4 is 21.7 Å². The first kappa shape index (κ1) is 19.9. The van der Waals surface area contributed by atoms with Gasteiger partial charge in [0.05, 0.1) is 29.0 Å². The highest BCUT2D eigenvalue weighted by atomic mass is 32.1. The highest BCUT2D eigenvalue weighted by Crippen LogP contribution is 2.40. The van der Waals surface area contributed by atoms with Gasteiger partial charge in [-0.25, -0.2) is 23.7 Å². The van der Waals surface area contributed by atoms with Crippen molar-refractivity contribution < 1.29 is 13.5 Å². The number of rotatable bonds is 4. The van der Waals surface area contributed by atoms with Crippen LogP contribution in [0.15, 0.2) is 30.6 Å². The van der Waals surface area contributed by atoms with E-state index in [-0.39, 0.29) is 17.6 Å². The molecule has 0 bridgehead atoms. The van der Waals surface area contributed by atoms with Crippen LogP contribution < -0.4 is 0 Å². The van der Waals surface area contributed by atoms with Crippen LogP contribution in [0.25, 0.3) is 21.6 Å². The Bertz CT molecular complexity index is 1320. The zero-order chi connectivity index (χ0) is 21.8. The lowest BCUT2D eigenvalue weighted by Crippen LogP contribution is -2.20. The van der Waals surface area contributed by atoms with E-state index in [9.17, 15) is 8.78 Å². The minimum absolute atomic E-state index is 0.0479. The molecule has 2 atom stereocenters. The van der Waals surface area contributed by atoms with Gasteiger partial charge in [-0.1, -0.05) is 0 Å². The van der Waals surface area contributed by atoms with Gasteiger partial charge in [-0.15, -0.1) is 11.3 Å². The molecule has 4 aromatic rings. The molecule has 0 N–H and O–H groups in total. The summed E-state index contributed by atoms with van der Waals surface area (Å²) in [4.78, 5) is 14.1. The molecule has 1 aliphatic carbocycles. The van der Waals surface area contributed by atoms with Crippen LogP contribution in [-0.2, 0) is 4.74 Å². The maximum atomic E-state index is 14.7. The van der Waals surface area contributed by atoms with Gasteiger partial charge in [0, 0.05) is 35.9 Å². The number of halogens is 2. The third-order valence-electron chi connectivity index (χ3n) is 6.13. The largest absolute Gasteiger partial charge is 0.373 e. The van der Waals surface area contributed by atoms with Crippen LogP contribution in [0.5, 0.6) is 0 Å². The van der Waals surface area contributed by atoms with Crippen LogP contribution >= 0.6 is 11.3 Å². The average molecular weight is 454 g/mol. The van der Waals surface area contributed by atoms with Crippen molar-refractivity contribution in [3.63, 3.8) is 0 Å². The number of ether oxygens (including phenoxy) is 1. The summed E-state index contributed by atoms with van der Waals surface area (Å²) >= 11 is 1.42. The predicted octanol–water partition coefficient (Wildman–Crippen LogP) is 5.51. The lowest BCUT2D eigenvalue weighted by Gasteiger charge is -2.28. The first-order valence-corrected chi connectivity index (χ1v) is 11.6. The number of thiazole rings is 1. The fraction of sp³-hybridized carbons (Fsp3) is 0.391. The third kappa shape index (κ3) is 3.59. The lowest BCUT2D eigenvalue weighted by atomic mass is 9.92. The van der Waals surface area contributed by atoms with Crippen molar-refractivity contribution in [2.45, 2.75) is 50.7 Å². The molecule has 0 spiro atoms. The summed E-state index contributed by atoms with van der Waals surface area (Å²) < 4.78 is 36.9. The van der Waals surface area contributed by atoms with E-state index in [4.69, 9.17) is 14.7 Å². The van der Waals surface area contributed by atoms with Gasteiger partial charge in [-0.3, -0.25) is 4.68 Å². The summed E-state index contributed by atoms with van der Waals surface area (Å²) in [5.41, 5.74) is 2.36. The second-order valence-electron chi connectivity index (χ2n) is 8.51. The Morgan fingerprint density at radius 3 is 2.81 bits per heavy atom. The molecule has 0 radical (unpaired) electrons. The van der Waals surface area contributed by atoms with Gasteiger partial charge < -0.3 is 4.74 Å². The van der Waals surface area contributed by atoms with Crippen LogP contribution in [-0.4, -0.2) is 31.3 Å². The molecule has 0 unspecified atom stereocenters. The van der Waals surface area contributed by atoms with E-state index < -0.39 is 11.6 Å². The zero-order valence-electron chi connectivity index (χ0n) is 17.5. The summed E-state index contributed by atoms with van der Waals surface area (Å²) in [5, 5.41) is 5.32. The highest BCUT2D eigenvalue weighted by molar-refractivity contribution is 7.19. The maximum Gasteiger partial charge on any atom is 0.174 e. The molecule has 164 valence electrons. The molecule has 1 aliphatic heterocycles. The Balaban J connectivity index is 1.37. The Labute approximate surface area is 187 Å². The van der Waals surface area contributed by atoms with E-state index in [1.807, 2.05) is 17.8 Å². The Morgan fingerprint density at radius 2 is 2.00 bits per heavy atom. The zero-order valence-corrected chi connectivity index (χ0v) is 18.3. The second-order valence-corrected chi connectivity index (χ2v) is 9.71. The number of hydrogen-bond donors (Lipinski definition) is 0. The maximum absolute atomic E-state index is 14.7. The van der Waals surface area contributed by atoms with E-state index in [0.717, 1.165) is 29.5 Å². The molecule has 0 amide bonds. The van der Waals surface area contributed by atoms with E-state index in [1.54, 1.807) is 0 Å². The summed E-state index contributed by atoms with van der Waals surface area (Å²) in [6.45, 7) is 2.47. The molecule has 6 rings (SSSR count). The molecule has 2 aliphatic rings. The molecular weight excluding hydrogens is 432 g/mol. The number of nitrogens with zero attached hydrogens (tertiary/aromatic N) is 5. The second kappa shape index (κ2) is 7.67. The lowest BCUT2D eigenvalue weighted by molar-refractivity contribution is 0.00396. The SMILES string of the molecule is Cc1nc2nc([C@@H]3CCO[C@H](c4cnn(C5CC5)c4)C3)nc(-c3ccc(F)cc3F)c2s1. The molecular formula is C23H21F2N5OS. The van der Waals surface area contributed by atoms with E-state index in [2.05, 4.69) is 16.3 Å². The molecule has 6 nitrogen and oxygen atoms in total. The number of aryl methyl sites for hydroxylation is 1. The quantitative estimate of drug-likeness (QED) is 0.408. The van der Waals surface area contributed by atoms with E-state index in [0.29, 0.717) is 34.5 Å². The minimum Gasteiger partial charge on any atom is -0.373 e. The van der Waals surface area contributed by atoms with E-state index >= 15 is 0 Å². The summed E-state index contributed by atoms with van der Waals surface area (Å²) in [6, 6.07) is 4.10. The summed E-state index contributed by atoms with van der Waals surface area (Å²) in [7, 11) is 0. The molecule has 2 fully saturated rings. The first-order valence-electron chi connectivity index (χ1n) is 10.8. The van der Waals surface area contributed by atoms with Crippen molar-refractivity contribution in [3.8, 4) is 11.3 Å². The fourth-order valence-electron chi connectivity index (χ4n) is 4.31. The van der Waals surface area contributed by atoms with Crippen molar-refractivity contribution in [1.82, 2.24) is 24.7 Å². The van der Waals surface area contributed by atoms with Crippen LogP contribution in [0.1, 0.15) is 60.1 Å². The van der Waals surface area contributed by atoms with Crippen molar-refractivity contribution in [2.24, 2.45) is 0 Å². The van der Waals surface area contributed by atoms with Gasteiger partial charge in [0.1, 0.15) is 22.2 Å². The normalized spacial score (nSPS) is 21.3. The standard InChI is InChI=1S/C23H21F2N5OS/c1-12-27-23-21(32-12)20(17-5-2-15(24)9-18(17)25)28-22(29-23)13-6-7-31-19(8-13)14-10-26-30(11-14)16-3-4-16/h2,5,9-11,13,16,19H,3-4,6-8H2,1H3/t13-,19+/m1/s1. The molecule has 1 aromatic carbocycles. The van der Waals surface area contributed by atoms with Crippen molar-refractivity contribution in [1.29, 1.82) is 0 Å². The van der Waals surface area contributed by atoms with Gasteiger partial charge in [0.15, 0.2) is 5.65 Å². The van der Waals surface area contributed by atoms with Crippen LogP contribution in [0.2, 0.25) is 0 Å². The molecule has 32 heavy (non-hydrogen) atoms. The van der Waals surface area contributed by atoms with Crippen molar-refractivity contribution in [2.75, 3.05) is 6.61 Å². The summed E-state index contributed by atoms with van der Waals surface area (Å²) in [5.74, 6) is -0.577. The topological polar surface area (TPSA) is 65.7 Å². The van der Waals surface area contributed by atoms with Gasteiger partial charge in [0.25, 0.3) is 0 Å². The van der Waals surface area contributed by atoms with Crippen LogP contribution in [0, 0.1) is 18.6 Å². The number of benzene rings is 1. The Morgan fingerprint density at radius 1 is 1.12 bits per heavy atom. The molecule has 9 heteroatoms. The number of aromatic nitrogens is 5. The molecule has 1 saturated carbocycles. The van der Waals surface area contributed by atoms with Gasteiger partial charge in [-0.05, 0) is 44.7 Å².